The number of carbonyl (C=O) groups is 1. The Morgan fingerprint density at radius 1 is 1.43 bits per heavy atom. The number of fused-ring (bicyclic) bond motifs is 2. The van der Waals surface area contributed by atoms with Gasteiger partial charge in [-0.2, -0.15) is 0 Å². The van der Waals surface area contributed by atoms with E-state index in [0.29, 0.717) is 11.3 Å². The summed E-state index contributed by atoms with van der Waals surface area (Å²) in [4.78, 5) is 12.6. The van der Waals surface area contributed by atoms with E-state index in [1.807, 2.05) is 0 Å². The molecular formula is C15H18O6. The zero-order valence-electron chi connectivity index (χ0n) is 11.9. The van der Waals surface area contributed by atoms with Gasteiger partial charge in [0.1, 0.15) is 11.5 Å². The highest BCUT2D eigenvalue weighted by atomic mass is 16.6. The molecule has 6 nitrogen and oxygen atoms in total. The lowest BCUT2D eigenvalue weighted by atomic mass is 9.69. The predicted molar refractivity (Wildman–Crippen MR) is 72.1 cm³/mol. The molecule has 4 atom stereocenters. The Kier molecular flexibility index (Phi) is 3.20. The van der Waals surface area contributed by atoms with Crippen molar-refractivity contribution in [3.05, 3.63) is 23.3 Å². The highest BCUT2D eigenvalue weighted by Gasteiger charge is 2.49. The summed E-state index contributed by atoms with van der Waals surface area (Å²) in [6.07, 6.45) is -0.804. The number of aromatic hydroxyl groups is 1. The monoisotopic (exact) mass is 294 g/mol. The molecular weight excluding hydrogens is 276 g/mol. The Hall–Kier alpha value is -1.63. The summed E-state index contributed by atoms with van der Waals surface area (Å²) in [6.45, 7) is 1.54. The van der Waals surface area contributed by atoms with E-state index >= 15 is 0 Å². The molecule has 0 aromatic heterocycles. The minimum Gasteiger partial charge on any atom is -0.507 e. The van der Waals surface area contributed by atoms with Gasteiger partial charge < -0.3 is 24.8 Å². The van der Waals surface area contributed by atoms with Crippen LogP contribution in [0.25, 0.3) is 0 Å². The first-order valence-corrected chi connectivity index (χ1v) is 6.83. The van der Waals surface area contributed by atoms with Gasteiger partial charge in [0, 0.05) is 18.4 Å². The number of ether oxygens (including phenoxy) is 2. The summed E-state index contributed by atoms with van der Waals surface area (Å²) >= 11 is 0. The van der Waals surface area contributed by atoms with Crippen LogP contribution in [-0.2, 0) is 4.74 Å². The summed E-state index contributed by atoms with van der Waals surface area (Å²) in [5.74, 6) is -2.47. The fourth-order valence-corrected chi connectivity index (χ4v) is 3.29. The van der Waals surface area contributed by atoms with Gasteiger partial charge in [-0.1, -0.05) is 0 Å². The van der Waals surface area contributed by atoms with Crippen molar-refractivity contribution in [1.82, 2.24) is 0 Å². The van der Waals surface area contributed by atoms with Gasteiger partial charge in [-0.15, -0.1) is 0 Å². The van der Waals surface area contributed by atoms with Crippen LogP contribution in [0.3, 0.4) is 0 Å². The van der Waals surface area contributed by atoms with Gasteiger partial charge in [-0.05, 0) is 18.6 Å². The van der Waals surface area contributed by atoms with Gasteiger partial charge in [-0.25, -0.2) is 0 Å². The maximum atomic E-state index is 12.6. The van der Waals surface area contributed by atoms with E-state index < -0.39 is 23.7 Å². The highest BCUT2D eigenvalue weighted by molar-refractivity contribution is 6.03. The van der Waals surface area contributed by atoms with E-state index in [9.17, 15) is 20.1 Å². The molecule has 0 saturated carbocycles. The molecule has 1 saturated heterocycles. The summed E-state index contributed by atoms with van der Waals surface area (Å²) in [6, 6.07) is 2.90. The second-order valence-corrected chi connectivity index (χ2v) is 5.88. The van der Waals surface area contributed by atoms with Crippen LogP contribution < -0.4 is 4.74 Å². The minimum absolute atomic E-state index is 0.0263. The highest BCUT2D eigenvalue weighted by Crippen LogP contribution is 2.48. The first-order valence-electron chi connectivity index (χ1n) is 6.83. The third-order valence-electron chi connectivity index (χ3n) is 4.37. The normalized spacial score (nSPS) is 35.0. The molecule has 1 aliphatic heterocycles. The van der Waals surface area contributed by atoms with Crippen LogP contribution in [-0.4, -0.2) is 40.6 Å². The largest absolute Gasteiger partial charge is 0.507 e. The number of carbonyl (C=O) groups excluding carboxylic acids is 1. The van der Waals surface area contributed by atoms with Gasteiger partial charge >= 0.3 is 0 Å². The van der Waals surface area contributed by atoms with E-state index in [1.165, 1.54) is 20.1 Å². The van der Waals surface area contributed by atoms with Crippen molar-refractivity contribution < 1.29 is 29.6 Å². The van der Waals surface area contributed by atoms with Gasteiger partial charge in [0.05, 0.1) is 31.3 Å². The lowest BCUT2D eigenvalue weighted by Gasteiger charge is -2.44. The van der Waals surface area contributed by atoms with Crippen LogP contribution in [0.1, 0.15) is 35.4 Å². The van der Waals surface area contributed by atoms with Crippen molar-refractivity contribution in [1.29, 1.82) is 0 Å². The van der Waals surface area contributed by atoms with Gasteiger partial charge in [-0.3, -0.25) is 4.79 Å². The molecule has 6 heteroatoms. The van der Waals surface area contributed by atoms with Crippen LogP contribution in [0.4, 0.5) is 0 Å². The van der Waals surface area contributed by atoms with Crippen molar-refractivity contribution in [3.8, 4) is 11.5 Å². The molecule has 1 aromatic carbocycles. The quantitative estimate of drug-likeness (QED) is 0.715. The third-order valence-corrected chi connectivity index (χ3v) is 4.37. The summed E-state index contributed by atoms with van der Waals surface area (Å²) in [5.41, 5.74) is 0.463. The number of methoxy groups -OCH3 is 1. The molecule has 0 unspecified atom stereocenters. The number of hydrogen-bond acceptors (Lipinski definition) is 6. The van der Waals surface area contributed by atoms with E-state index in [4.69, 9.17) is 9.47 Å². The van der Waals surface area contributed by atoms with E-state index in [-0.39, 0.29) is 30.1 Å². The first-order chi connectivity index (χ1) is 9.84. The number of Topliss-reactive ketones (excluding diaryl/α,β-unsaturated/α-hetero) is 1. The number of aliphatic hydroxyl groups excluding tert-OH is 1. The summed E-state index contributed by atoms with van der Waals surface area (Å²) in [7, 11) is 1.44. The molecule has 1 heterocycles. The van der Waals surface area contributed by atoms with E-state index in [1.54, 1.807) is 6.07 Å². The molecule has 0 spiro atoms. The molecule has 0 amide bonds. The number of benzene rings is 1. The van der Waals surface area contributed by atoms with Gasteiger partial charge in [0.2, 0.25) is 0 Å². The molecule has 2 aliphatic rings. The minimum atomic E-state index is -1.36. The Morgan fingerprint density at radius 3 is 2.81 bits per heavy atom. The first kappa shape index (κ1) is 14.3. The van der Waals surface area contributed by atoms with Crippen molar-refractivity contribution in [2.45, 2.75) is 25.2 Å². The number of hydrogen-bond donors (Lipinski definition) is 3. The number of aliphatic hydroxyl groups is 2. The topological polar surface area (TPSA) is 96.2 Å². The number of ketones is 1. The lowest BCUT2D eigenvalue weighted by molar-refractivity contribution is -0.242. The second-order valence-electron chi connectivity index (χ2n) is 5.88. The molecule has 1 aromatic rings. The van der Waals surface area contributed by atoms with Crippen molar-refractivity contribution in [2.24, 2.45) is 11.8 Å². The van der Waals surface area contributed by atoms with Crippen LogP contribution in [0.5, 0.6) is 11.5 Å². The molecule has 3 N–H and O–H groups in total. The third kappa shape index (κ3) is 2.19. The predicted octanol–water partition coefficient (Wildman–Crippen LogP) is 0.992. The SMILES string of the molecule is COc1cc(O)c2c(c1)[C@H](O)[C@@H]1C[C@@](C)(O)OC[C@H]1C2=O. The number of phenols is 1. The summed E-state index contributed by atoms with van der Waals surface area (Å²) < 4.78 is 10.3. The molecule has 1 aliphatic carbocycles. The Labute approximate surface area is 121 Å². The molecule has 3 rings (SSSR count). The maximum Gasteiger partial charge on any atom is 0.172 e. The van der Waals surface area contributed by atoms with Crippen LogP contribution >= 0.6 is 0 Å². The fraction of sp³-hybridized carbons (Fsp3) is 0.533. The van der Waals surface area contributed by atoms with E-state index in [2.05, 4.69) is 0 Å². The zero-order valence-corrected chi connectivity index (χ0v) is 11.9. The average Bonchev–Trinajstić information content (AvgIpc) is 2.42. The smallest absolute Gasteiger partial charge is 0.172 e. The van der Waals surface area contributed by atoms with Gasteiger partial charge in [0.25, 0.3) is 0 Å². The lowest BCUT2D eigenvalue weighted by Crippen LogP contribution is -2.48. The maximum absolute atomic E-state index is 12.6. The Balaban J connectivity index is 2.10. The number of phenolic OH excluding ortho intramolecular Hbond substituents is 1. The van der Waals surface area contributed by atoms with Crippen LogP contribution in [0.15, 0.2) is 12.1 Å². The Bertz CT molecular complexity index is 594. The molecule has 21 heavy (non-hydrogen) atoms. The Morgan fingerprint density at radius 2 is 2.14 bits per heavy atom. The summed E-state index contributed by atoms with van der Waals surface area (Å²) in [5, 5.41) is 30.6. The van der Waals surface area contributed by atoms with Crippen LogP contribution in [0, 0.1) is 11.8 Å². The van der Waals surface area contributed by atoms with Crippen LogP contribution in [0.2, 0.25) is 0 Å². The second kappa shape index (κ2) is 4.69. The molecule has 114 valence electrons. The van der Waals surface area contributed by atoms with Crippen molar-refractivity contribution in [2.75, 3.05) is 13.7 Å². The fourth-order valence-electron chi connectivity index (χ4n) is 3.29. The van der Waals surface area contributed by atoms with Crippen molar-refractivity contribution >= 4 is 5.78 Å². The molecule has 1 fully saturated rings. The zero-order chi connectivity index (χ0) is 15.4. The average molecular weight is 294 g/mol. The molecule has 0 bridgehead atoms. The van der Waals surface area contributed by atoms with Gasteiger partial charge in [0.15, 0.2) is 11.6 Å². The standard InChI is InChI=1S/C15H18O6/c1-15(19)5-9-10(6-21-15)14(18)12-8(13(9)17)3-7(20-2)4-11(12)16/h3-4,9-10,13,16-17,19H,5-6H2,1-2H3/t9-,10-,13+,15+/m1/s1. The molecule has 0 radical (unpaired) electrons. The number of rotatable bonds is 1. The van der Waals surface area contributed by atoms with Crippen molar-refractivity contribution in [3.63, 3.8) is 0 Å². The van der Waals surface area contributed by atoms with E-state index in [0.717, 1.165) is 0 Å².